The zero-order valence-electron chi connectivity index (χ0n) is 4.83. The fourth-order valence-corrected chi connectivity index (χ4v) is 0.940. The van der Waals surface area contributed by atoms with Crippen molar-refractivity contribution in [3.63, 3.8) is 0 Å². The van der Waals surface area contributed by atoms with Crippen molar-refractivity contribution in [2.45, 2.75) is 6.42 Å². The van der Waals surface area contributed by atoms with Crippen LogP contribution in [0.2, 0.25) is 0 Å². The number of rotatable bonds is 0. The van der Waals surface area contributed by atoms with Gasteiger partial charge in [0.2, 0.25) is 0 Å². The summed E-state index contributed by atoms with van der Waals surface area (Å²) in [6, 6.07) is 0. The van der Waals surface area contributed by atoms with E-state index in [1.807, 2.05) is 0 Å². The van der Waals surface area contributed by atoms with E-state index in [-0.39, 0.29) is 0 Å². The van der Waals surface area contributed by atoms with Crippen LogP contribution in [0.5, 0.6) is 0 Å². The molecule has 0 aliphatic carbocycles. The van der Waals surface area contributed by atoms with E-state index < -0.39 is 0 Å². The lowest BCUT2D eigenvalue weighted by atomic mass is 10.3. The molecule has 0 saturated carbocycles. The summed E-state index contributed by atoms with van der Waals surface area (Å²) in [5.74, 6) is 0. The molecule has 46 valence electrons. The summed E-state index contributed by atoms with van der Waals surface area (Å²) < 4.78 is 0. The van der Waals surface area contributed by atoms with Crippen LogP contribution in [0.4, 0.5) is 5.69 Å². The van der Waals surface area contributed by atoms with Gasteiger partial charge < -0.3 is 5.32 Å². The average Bonchev–Trinajstić information content (AvgIpc) is 2.33. The Bertz CT molecular complexity index is 199. The third-order valence-electron chi connectivity index (χ3n) is 1.39. The summed E-state index contributed by atoms with van der Waals surface area (Å²) in [5, 5.41) is 14.1. The molecule has 0 spiro atoms. The van der Waals surface area contributed by atoms with Crippen molar-refractivity contribution in [1.29, 1.82) is 0 Å². The summed E-state index contributed by atoms with van der Waals surface area (Å²) in [6.07, 6.45) is 2.68. The maximum absolute atomic E-state index is 3.84. The molecule has 2 heterocycles. The van der Waals surface area contributed by atoms with Crippen molar-refractivity contribution in [1.82, 2.24) is 15.4 Å². The molecule has 1 N–H and O–H groups in total. The highest BCUT2D eigenvalue weighted by atomic mass is 15.3. The van der Waals surface area contributed by atoms with Crippen LogP contribution >= 0.6 is 0 Å². The number of nitrogens with zero attached hydrogens (tertiary/aromatic N) is 3. The number of hydrogen-bond donors (Lipinski definition) is 1. The quantitative estimate of drug-likeness (QED) is 0.519. The van der Waals surface area contributed by atoms with Gasteiger partial charge in [0.25, 0.3) is 0 Å². The van der Waals surface area contributed by atoms with E-state index in [0.29, 0.717) is 0 Å². The van der Waals surface area contributed by atoms with Gasteiger partial charge in [0.05, 0.1) is 17.6 Å². The van der Waals surface area contributed by atoms with E-state index in [1.165, 1.54) is 0 Å². The summed E-state index contributed by atoms with van der Waals surface area (Å²) in [7, 11) is 0. The van der Waals surface area contributed by atoms with Gasteiger partial charge >= 0.3 is 0 Å². The van der Waals surface area contributed by atoms with Crippen molar-refractivity contribution >= 4 is 5.69 Å². The highest BCUT2D eigenvalue weighted by Gasteiger charge is 2.09. The zero-order valence-corrected chi connectivity index (χ0v) is 4.83. The van der Waals surface area contributed by atoms with Crippen LogP contribution in [0.1, 0.15) is 5.69 Å². The van der Waals surface area contributed by atoms with E-state index in [2.05, 4.69) is 20.7 Å². The molecule has 0 radical (unpaired) electrons. The summed E-state index contributed by atoms with van der Waals surface area (Å²) in [6.45, 7) is 0.968. The largest absolute Gasteiger partial charge is 0.382 e. The first-order valence-corrected chi connectivity index (χ1v) is 2.88. The molecule has 2 rings (SSSR count). The third-order valence-corrected chi connectivity index (χ3v) is 1.39. The summed E-state index contributed by atoms with van der Waals surface area (Å²) >= 11 is 0. The molecular weight excluding hydrogens is 116 g/mol. The van der Waals surface area contributed by atoms with Crippen molar-refractivity contribution in [3.8, 4) is 0 Å². The fraction of sp³-hybridized carbons (Fsp3) is 0.400. The fourth-order valence-electron chi connectivity index (χ4n) is 0.940. The van der Waals surface area contributed by atoms with Gasteiger partial charge in [-0.2, -0.15) is 0 Å². The predicted octanol–water partition coefficient (Wildman–Crippen LogP) is -0.160. The molecule has 9 heavy (non-hydrogen) atoms. The molecule has 1 aliphatic heterocycles. The monoisotopic (exact) mass is 122 g/mol. The maximum Gasteiger partial charge on any atom is 0.0913 e. The molecule has 4 heteroatoms. The minimum absolute atomic E-state index is 0.968. The number of anilines is 1. The Morgan fingerprint density at radius 3 is 3.44 bits per heavy atom. The van der Waals surface area contributed by atoms with E-state index in [9.17, 15) is 0 Å². The second-order valence-electron chi connectivity index (χ2n) is 1.97. The Morgan fingerprint density at radius 1 is 1.56 bits per heavy atom. The lowest BCUT2D eigenvalue weighted by Crippen LogP contribution is -1.91. The number of hydrogen-bond acceptors (Lipinski definition) is 4. The standard InChI is InChI=1S/C5H6N4/c1-2-6-5-3-7-9-8-4(1)5/h3,6H,1-2H2. The topological polar surface area (TPSA) is 50.7 Å². The number of fused-ring (bicyclic) bond motifs is 1. The molecule has 4 nitrogen and oxygen atoms in total. The van der Waals surface area contributed by atoms with Gasteiger partial charge in [0.15, 0.2) is 0 Å². The van der Waals surface area contributed by atoms with Crippen LogP contribution in [0.15, 0.2) is 6.20 Å². The first-order valence-electron chi connectivity index (χ1n) is 2.88. The van der Waals surface area contributed by atoms with Crippen LogP contribution in [0.25, 0.3) is 0 Å². The minimum Gasteiger partial charge on any atom is -0.382 e. The van der Waals surface area contributed by atoms with E-state index in [4.69, 9.17) is 0 Å². The molecule has 0 unspecified atom stereocenters. The first kappa shape index (κ1) is 4.67. The molecule has 1 aliphatic rings. The molecule has 0 amide bonds. The lowest BCUT2D eigenvalue weighted by Gasteiger charge is -1.91. The molecule has 0 bridgehead atoms. The van der Waals surface area contributed by atoms with Gasteiger partial charge in [-0.25, -0.2) is 0 Å². The van der Waals surface area contributed by atoms with Gasteiger partial charge in [0, 0.05) is 13.0 Å². The maximum atomic E-state index is 3.84. The zero-order chi connectivity index (χ0) is 6.10. The van der Waals surface area contributed by atoms with E-state index in [0.717, 1.165) is 24.3 Å². The van der Waals surface area contributed by atoms with Crippen LogP contribution in [0.3, 0.4) is 0 Å². The van der Waals surface area contributed by atoms with E-state index >= 15 is 0 Å². The van der Waals surface area contributed by atoms with Gasteiger partial charge in [-0.1, -0.05) is 0 Å². The highest BCUT2D eigenvalue weighted by Crippen LogP contribution is 2.15. The molecule has 1 aromatic heterocycles. The van der Waals surface area contributed by atoms with Gasteiger partial charge in [-0.3, -0.25) is 0 Å². The van der Waals surface area contributed by atoms with Gasteiger partial charge in [-0.05, 0) is 5.21 Å². The van der Waals surface area contributed by atoms with Crippen LogP contribution in [0, 0.1) is 0 Å². The van der Waals surface area contributed by atoms with Crippen molar-refractivity contribution in [2.75, 3.05) is 11.9 Å². The van der Waals surface area contributed by atoms with Crippen LogP contribution < -0.4 is 5.32 Å². The lowest BCUT2D eigenvalue weighted by molar-refractivity contribution is 0.831. The number of aromatic nitrogens is 3. The summed E-state index contributed by atoms with van der Waals surface area (Å²) in [4.78, 5) is 0. The normalized spacial score (nSPS) is 14.7. The Balaban J connectivity index is 2.54. The van der Waals surface area contributed by atoms with E-state index in [1.54, 1.807) is 6.20 Å². The summed E-state index contributed by atoms with van der Waals surface area (Å²) in [5.41, 5.74) is 2.06. The smallest absolute Gasteiger partial charge is 0.0913 e. The predicted molar refractivity (Wildman–Crippen MR) is 32.0 cm³/mol. The Kier molecular flexibility index (Phi) is 0.855. The molecule has 0 fully saturated rings. The van der Waals surface area contributed by atoms with Crippen molar-refractivity contribution in [3.05, 3.63) is 11.9 Å². The Hall–Kier alpha value is -1.19. The molecule has 0 aromatic carbocycles. The van der Waals surface area contributed by atoms with Crippen LogP contribution in [-0.4, -0.2) is 22.0 Å². The third kappa shape index (κ3) is 0.630. The molecule has 1 aromatic rings. The Labute approximate surface area is 52.3 Å². The number of nitrogens with one attached hydrogen (secondary N) is 1. The SMILES string of the molecule is c1nnnc2c1NCC2. The molecular formula is C5H6N4. The second kappa shape index (κ2) is 1.65. The molecule has 0 saturated heterocycles. The molecule has 0 atom stereocenters. The Morgan fingerprint density at radius 2 is 2.56 bits per heavy atom. The van der Waals surface area contributed by atoms with Crippen LogP contribution in [-0.2, 0) is 6.42 Å². The van der Waals surface area contributed by atoms with Gasteiger partial charge in [0.1, 0.15) is 0 Å². The highest BCUT2D eigenvalue weighted by molar-refractivity contribution is 5.48. The van der Waals surface area contributed by atoms with Crippen molar-refractivity contribution in [2.24, 2.45) is 0 Å². The minimum atomic E-state index is 0.968. The second-order valence-corrected chi connectivity index (χ2v) is 1.97. The average molecular weight is 122 g/mol. The first-order chi connectivity index (χ1) is 4.47. The van der Waals surface area contributed by atoms with Gasteiger partial charge in [-0.15, -0.1) is 10.2 Å². The van der Waals surface area contributed by atoms with Crippen molar-refractivity contribution < 1.29 is 0 Å².